The van der Waals surface area contributed by atoms with Crippen LogP contribution in [0.1, 0.15) is 37.9 Å². The summed E-state index contributed by atoms with van der Waals surface area (Å²) in [4.78, 5) is 11.6. The number of fused-ring (bicyclic) bond motifs is 1. The maximum absolute atomic E-state index is 12.1. The number of halogens is 2. The van der Waals surface area contributed by atoms with Crippen LogP contribution in [0.3, 0.4) is 0 Å². The first-order valence-electron chi connectivity index (χ1n) is 9.29. The van der Waals surface area contributed by atoms with Gasteiger partial charge in [-0.15, -0.1) is 0 Å². The average Bonchev–Trinajstić information content (AvgIpc) is 2.67. The van der Waals surface area contributed by atoms with Crippen molar-refractivity contribution in [3.63, 3.8) is 0 Å². The molecule has 0 aliphatic rings. The molecule has 0 aromatic heterocycles. The van der Waals surface area contributed by atoms with Crippen molar-refractivity contribution in [3.05, 3.63) is 94.8 Å². The highest BCUT2D eigenvalue weighted by Gasteiger charge is 2.08. The molecule has 2 nitrogen and oxygen atoms in total. The van der Waals surface area contributed by atoms with Gasteiger partial charge in [-0.05, 0) is 72.5 Å². The maximum Gasteiger partial charge on any atom is 0.244 e. The van der Waals surface area contributed by atoms with E-state index in [1.165, 1.54) is 28.5 Å². The van der Waals surface area contributed by atoms with Crippen molar-refractivity contribution < 1.29 is 9.18 Å². The van der Waals surface area contributed by atoms with Crippen molar-refractivity contribution in [2.45, 2.75) is 33.2 Å². The zero-order valence-corrected chi connectivity index (χ0v) is 17.1. The van der Waals surface area contributed by atoms with Crippen LogP contribution in [0.25, 0.3) is 10.8 Å². The van der Waals surface area contributed by atoms with E-state index in [4.69, 9.17) is 11.6 Å². The summed E-state index contributed by atoms with van der Waals surface area (Å²) in [5.74, 6) is -0.347. The maximum atomic E-state index is 12.1. The number of aryl methyl sites for hydroxylation is 1. The van der Waals surface area contributed by atoms with E-state index in [0.717, 1.165) is 12.0 Å². The molecule has 1 atom stereocenters. The summed E-state index contributed by atoms with van der Waals surface area (Å²) in [5, 5.41) is 5.86. The van der Waals surface area contributed by atoms with E-state index in [1.807, 2.05) is 13.8 Å². The molecule has 28 heavy (non-hydrogen) atoms. The number of rotatable bonds is 4. The minimum Gasteiger partial charge on any atom is -0.346 e. The number of benzene rings is 3. The third-order valence-corrected chi connectivity index (χ3v) is 4.54. The van der Waals surface area contributed by atoms with Crippen molar-refractivity contribution >= 4 is 28.3 Å². The minimum atomic E-state index is -0.294. The van der Waals surface area contributed by atoms with E-state index >= 15 is 0 Å². The van der Waals surface area contributed by atoms with Crippen LogP contribution < -0.4 is 5.32 Å². The zero-order chi connectivity index (χ0) is 20.5. The molecule has 3 aromatic rings. The Morgan fingerprint density at radius 3 is 2.46 bits per heavy atom. The summed E-state index contributed by atoms with van der Waals surface area (Å²) in [6, 6.07) is 18.7. The van der Waals surface area contributed by atoms with Crippen LogP contribution in [0.2, 0.25) is 5.02 Å². The first-order valence-corrected chi connectivity index (χ1v) is 9.67. The number of hydrogen-bond acceptors (Lipinski definition) is 1. The van der Waals surface area contributed by atoms with E-state index in [-0.39, 0.29) is 17.8 Å². The monoisotopic (exact) mass is 397 g/mol. The molecule has 3 aromatic carbocycles. The lowest BCUT2D eigenvalue weighted by Gasteiger charge is -2.14. The molecule has 146 valence electrons. The Hall–Kier alpha value is -2.65. The van der Waals surface area contributed by atoms with E-state index < -0.39 is 0 Å². The van der Waals surface area contributed by atoms with Gasteiger partial charge in [-0.3, -0.25) is 4.79 Å². The highest BCUT2D eigenvalue weighted by atomic mass is 35.5. The van der Waals surface area contributed by atoms with E-state index in [2.05, 4.69) is 48.6 Å². The third kappa shape index (κ3) is 6.50. The minimum absolute atomic E-state index is 0.00776. The predicted molar refractivity (Wildman–Crippen MR) is 116 cm³/mol. The lowest BCUT2D eigenvalue weighted by atomic mass is 10.0. The summed E-state index contributed by atoms with van der Waals surface area (Å²) in [6.07, 6.45) is 4.33. The number of allylic oxidation sites excluding steroid dienone is 1. The molecule has 0 aliphatic carbocycles. The number of carbonyl (C=O) groups excluding carboxylic acids is 1. The smallest absolute Gasteiger partial charge is 0.244 e. The Balaban J connectivity index is 0.000000292. The standard InChI is InChI=1S/C18H21NO.C6H4ClF/c1-4-6-18(20)19-13(3)16-10-9-15-8-7-14(5-2)11-17(15)12-16;7-5-2-1-3-6(8)4-5/h4,6-13H,5H2,1-3H3,(H,19,20);1-4H/b6-4+;. The topological polar surface area (TPSA) is 29.1 Å². The molecular formula is C24H25ClFNO. The fourth-order valence-corrected chi connectivity index (χ4v) is 2.94. The van der Waals surface area contributed by atoms with E-state index in [1.54, 1.807) is 24.3 Å². The lowest BCUT2D eigenvalue weighted by molar-refractivity contribution is -0.117. The number of hydrogen-bond donors (Lipinski definition) is 1. The Morgan fingerprint density at radius 1 is 1.11 bits per heavy atom. The SMILES string of the molecule is C/C=C/C(=O)NC(C)c1ccc2ccc(CC)cc2c1.Fc1cccc(Cl)c1. The van der Waals surface area contributed by atoms with Crippen molar-refractivity contribution in [2.75, 3.05) is 0 Å². The van der Waals surface area contributed by atoms with Gasteiger partial charge in [-0.25, -0.2) is 4.39 Å². The summed E-state index contributed by atoms with van der Waals surface area (Å²) >= 11 is 5.40. The van der Waals surface area contributed by atoms with Gasteiger partial charge in [0.25, 0.3) is 0 Å². The molecule has 0 spiro atoms. The van der Waals surface area contributed by atoms with Crippen LogP contribution in [0.4, 0.5) is 4.39 Å². The summed E-state index contributed by atoms with van der Waals surface area (Å²) in [6.45, 7) is 6.00. The number of nitrogens with one attached hydrogen (secondary N) is 1. The molecule has 4 heteroatoms. The van der Waals surface area contributed by atoms with E-state index in [0.29, 0.717) is 5.02 Å². The van der Waals surface area contributed by atoms with Gasteiger partial charge in [-0.2, -0.15) is 0 Å². The lowest BCUT2D eigenvalue weighted by Crippen LogP contribution is -2.24. The van der Waals surface area contributed by atoms with Gasteiger partial charge in [0.2, 0.25) is 5.91 Å². The van der Waals surface area contributed by atoms with Crippen LogP contribution in [0.5, 0.6) is 0 Å². The van der Waals surface area contributed by atoms with Gasteiger partial charge in [0, 0.05) is 5.02 Å². The first kappa shape index (κ1) is 21.6. The highest BCUT2D eigenvalue weighted by Crippen LogP contribution is 2.22. The van der Waals surface area contributed by atoms with Crippen molar-refractivity contribution in [2.24, 2.45) is 0 Å². The second-order valence-corrected chi connectivity index (χ2v) is 6.90. The molecule has 0 saturated carbocycles. The number of amides is 1. The normalized spacial score (nSPS) is 11.8. The molecule has 0 saturated heterocycles. The third-order valence-electron chi connectivity index (χ3n) is 4.30. The van der Waals surface area contributed by atoms with Crippen LogP contribution >= 0.6 is 11.6 Å². The number of carbonyl (C=O) groups is 1. The molecule has 0 radical (unpaired) electrons. The largest absolute Gasteiger partial charge is 0.346 e. The van der Waals surface area contributed by atoms with Gasteiger partial charge in [0.15, 0.2) is 0 Å². The molecule has 1 amide bonds. The zero-order valence-electron chi connectivity index (χ0n) is 16.4. The van der Waals surface area contributed by atoms with Crippen LogP contribution in [-0.2, 0) is 11.2 Å². The van der Waals surface area contributed by atoms with Crippen LogP contribution in [0, 0.1) is 5.82 Å². The first-order chi connectivity index (χ1) is 13.4. The predicted octanol–water partition coefficient (Wildman–Crippen LogP) is 6.63. The second-order valence-electron chi connectivity index (χ2n) is 6.46. The fraction of sp³-hybridized carbons (Fsp3) is 0.208. The highest BCUT2D eigenvalue weighted by molar-refractivity contribution is 6.30. The second kappa shape index (κ2) is 10.6. The molecular weight excluding hydrogens is 373 g/mol. The summed E-state index contributed by atoms with van der Waals surface area (Å²) < 4.78 is 12.1. The molecule has 0 aliphatic heterocycles. The Morgan fingerprint density at radius 2 is 1.86 bits per heavy atom. The molecule has 1 N–H and O–H groups in total. The molecule has 0 fully saturated rings. The summed E-state index contributed by atoms with van der Waals surface area (Å²) in [5.41, 5.74) is 2.46. The van der Waals surface area contributed by atoms with Gasteiger partial charge in [0.1, 0.15) is 5.82 Å². The average molecular weight is 398 g/mol. The molecule has 1 unspecified atom stereocenters. The van der Waals surface area contributed by atoms with Crippen molar-refractivity contribution in [1.29, 1.82) is 0 Å². The van der Waals surface area contributed by atoms with Crippen molar-refractivity contribution in [3.8, 4) is 0 Å². The van der Waals surface area contributed by atoms with Crippen LogP contribution in [-0.4, -0.2) is 5.91 Å². The molecule has 3 rings (SSSR count). The van der Waals surface area contributed by atoms with Gasteiger partial charge in [-0.1, -0.05) is 61.0 Å². The molecule has 0 heterocycles. The van der Waals surface area contributed by atoms with Gasteiger partial charge < -0.3 is 5.32 Å². The van der Waals surface area contributed by atoms with Crippen LogP contribution in [0.15, 0.2) is 72.8 Å². The van der Waals surface area contributed by atoms with Gasteiger partial charge in [0.05, 0.1) is 6.04 Å². The quantitative estimate of drug-likeness (QED) is 0.491. The fourth-order valence-electron chi connectivity index (χ4n) is 2.76. The van der Waals surface area contributed by atoms with E-state index in [9.17, 15) is 9.18 Å². The van der Waals surface area contributed by atoms with Crippen molar-refractivity contribution in [1.82, 2.24) is 5.32 Å². The molecule has 0 bridgehead atoms. The summed E-state index contributed by atoms with van der Waals surface area (Å²) in [7, 11) is 0. The Kier molecular flexibility index (Phi) is 8.21. The van der Waals surface area contributed by atoms with Gasteiger partial charge >= 0.3 is 0 Å². The Labute approximate surface area is 171 Å². The Bertz CT molecular complexity index is 950.